The summed E-state index contributed by atoms with van der Waals surface area (Å²) >= 11 is 7.27. The molecule has 1 amide bonds. The van der Waals surface area contributed by atoms with E-state index < -0.39 is 17.7 Å². The molecule has 7 nitrogen and oxygen atoms in total. The first-order valence-electron chi connectivity index (χ1n) is 11.2. The Kier molecular flexibility index (Phi) is 6.38. The van der Waals surface area contributed by atoms with E-state index in [1.807, 2.05) is 13.0 Å². The van der Waals surface area contributed by atoms with Crippen molar-refractivity contribution in [3.05, 3.63) is 88.5 Å². The van der Waals surface area contributed by atoms with E-state index in [9.17, 15) is 14.7 Å². The number of nitrogens with zero attached hydrogens (tertiary/aromatic N) is 2. The maximum absolute atomic E-state index is 13.4. The second kappa shape index (κ2) is 9.64. The van der Waals surface area contributed by atoms with Crippen LogP contribution >= 0.6 is 22.9 Å². The largest absolute Gasteiger partial charge is 0.507 e. The minimum Gasteiger partial charge on any atom is -0.507 e. The Labute approximate surface area is 216 Å². The van der Waals surface area contributed by atoms with Crippen LogP contribution in [0.2, 0.25) is 5.02 Å². The van der Waals surface area contributed by atoms with Gasteiger partial charge in [-0.15, -0.1) is 0 Å². The fraction of sp³-hybridized carbons (Fsp3) is 0.148. The monoisotopic (exact) mass is 520 g/mol. The van der Waals surface area contributed by atoms with E-state index in [1.165, 1.54) is 16.2 Å². The number of ether oxygens (including phenoxy) is 2. The average molecular weight is 521 g/mol. The van der Waals surface area contributed by atoms with E-state index in [0.717, 1.165) is 4.70 Å². The minimum atomic E-state index is -0.890. The lowest BCUT2D eigenvalue weighted by Crippen LogP contribution is -2.29. The third kappa shape index (κ3) is 4.19. The average Bonchev–Trinajstić information content (AvgIpc) is 3.42. The Morgan fingerprint density at radius 2 is 1.75 bits per heavy atom. The van der Waals surface area contributed by atoms with Crippen LogP contribution in [-0.2, 0) is 9.59 Å². The first-order chi connectivity index (χ1) is 17.4. The minimum absolute atomic E-state index is 0.0247. The van der Waals surface area contributed by atoms with Crippen LogP contribution in [0.1, 0.15) is 24.1 Å². The number of anilines is 1. The highest BCUT2D eigenvalue weighted by Crippen LogP contribution is 2.45. The molecule has 0 bridgehead atoms. The molecular weight excluding hydrogens is 500 g/mol. The summed E-state index contributed by atoms with van der Waals surface area (Å²) in [7, 11) is 1.57. The summed E-state index contributed by atoms with van der Waals surface area (Å²) in [4.78, 5) is 32.7. The fourth-order valence-electron chi connectivity index (χ4n) is 4.14. The molecule has 1 aliphatic heterocycles. The standard InChI is InChI=1S/C27H21ClN2O5S/c1-3-35-18-10-6-15(7-11-18)23-22(24(31)16-4-8-17(28)9-5-16)25(32)26(33)30(23)27-29-20-13-12-19(34-2)14-21(20)36-27/h4-14,23,31H,3H2,1-2H3. The van der Waals surface area contributed by atoms with E-state index in [0.29, 0.717) is 44.9 Å². The Morgan fingerprint density at radius 3 is 2.42 bits per heavy atom. The van der Waals surface area contributed by atoms with Gasteiger partial charge in [0, 0.05) is 10.6 Å². The molecule has 1 aliphatic rings. The van der Waals surface area contributed by atoms with Gasteiger partial charge < -0.3 is 14.6 Å². The maximum Gasteiger partial charge on any atom is 0.301 e. The zero-order chi connectivity index (χ0) is 25.4. The number of aliphatic hydroxyl groups excluding tert-OH is 1. The first kappa shape index (κ1) is 23.8. The molecule has 0 spiro atoms. The zero-order valence-electron chi connectivity index (χ0n) is 19.4. The Hall–Kier alpha value is -3.88. The fourth-order valence-corrected chi connectivity index (χ4v) is 5.29. The van der Waals surface area contributed by atoms with Gasteiger partial charge >= 0.3 is 5.91 Å². The number of halogens is 1. The molecule has 1 fully saturated rings. The third-order valence-corrected chi connectivity index (χ3v) is 7.13. The van der Waals surface area contributed by atoms with Gasteiger partial charge in [-0.1, -0.05) is 35.1 Å². The number of aliphatic hydroxyl groups is 1. The van der Waals surface area contributed by atoms with Crippen LogP contribution in [0.15, 0.2) is 72.3 Å². The van der Waals surface area contributed by atoms with Crippen molar-refractivity contribution in [2.24, 2.45) is 0 Å². The van der Waals surface area contributed by atoms with Crippen molar-refractivity contribution < 1.29 is 24.2 Å². The molecule has 5 rings (SSSR count). The highest BCUT2D eigenvalue weighted by atomic mass is 35.5. The molecule has 9 heteroatoms. The lowest BCUT2D eigenvalue weighted by atomic mass is 9.95. The summed E-state index contributed by atoms with van der Waals surface area (Å²) in [5.74, 6) is -0.531. The van der Waals surface area contributed by atoms with Crippen LogP contribution in [0.25, 0.3) is 16.0 Å². The molecule has 1 saturated heterocycles. The number of fused-ring (bicyclic) bond motifs is 1. The predicted molar refractivity (Wildman–Crippen MR) is 140 cm³/mol. The molecule has 1 N–H and O–H groups in total. The molecule has 0 aliphatic carbocycles. The summed E-state index contributed by atoms with van der Waals surface area (Å²) in [6.07, 6.45) is 0. The number of amides is 1. The van der Waals surface area contributed by atoms with Crippen molar-refractivity contribution in [3.63, 3.8) is 0 Å². The molecule has 2 heterocycles. The van der Waals surface area contributed by atoms with Gasteiger partial charge in [0.15, 0.2) is 5.13 Å². The number of ketones is 1. The van der Waals surface area contributed by atoms with Gasteiger partial charge in [0.1, 0.15) is 17.3 Å². The van der Waals surface area contributed by atoms with Crippen molar-refractivity contribution in [1.29, 1.82) is 0 Å². The Balaban J connectivity index is 1.69. The number of Topliss-reactive ketones (excluding diaryl/α,β-unsaturated/α-hetero) is 1. The molecule has 182 valence electrons. The maximum atomic E-state index is 13.4. The lowest BCUT2D eigenvalue weighted by molar-refractivity contribution is -0.132. The number of hydrogen-bond acceptors (Lipinski definition) is 7. The van der Waals surface area contributed by atoms with Crippen molar-refractivity contribution in [3.8, 4) is 11.5 Å². The van der Waals surface area contributed by atoms with E-state index >= 15 is 0 Å². The van der Waals surface area contributed by atoms with E-state index in [4.69, 9.17) is 21.1 Å². The van der Waals surface area contributed by atoms with E-state index in [-0.39, 0.29) is 11.3 Å². The number of benzene rings is 3. The van der Waals surface area contributed by atoms with Gasteiger partial charge in [-0.2, -0.15) is 0 Å². The van der Waals surface area contributed by atoms with Crippen molar-refractivity contribution in [2.45, 2.75) is 13.0 Å². The quantitative estimate of drug-likeness (QED) is 0.191. The molecular formula is C27H21ClN2O5S. The summed E-state index contributed by atoms with van der Waals surface area (Å²) in [5.41, 5.74) is 1.65. The highest BCUT2D eigenvalue weighted by molar-refractivity contribution is 7.22. The zero-order valence-corrected chi connectivity index (χ0v) is 21.0. The summed E-state index contributed by atoms with van der Waals surface area (Å²) < 4.78 is 11.7. The van der Waals surface area contributed by atoms with Crippen LogP contribution in [-0.4, -0.2) is 35.5 Å². The SMILES string of the molecule is CCOc1ccc(C2C(=C(O)c3ccc(Cl)cc3)C(=O)C(=O)N2c2nc3ccc(OC)cc3s2)cc1. The highest BCUT2D eigenvalue weighted by Gasteiger charge is 2.48. The molecule has 36 heavy (non-hydrogen) atoms. The Bertz CT molecular complexity index is 1500. The molecule has 0 saturated carbocycles. The van der Waals surface area contributed by atoms with Crippen LogP contribution in [0.5, 0.6) is 11.5 Å². The topological polar surface area (TPSA) is 89.0 Å². The third-order valence-electron chi connectivity index (χ3n) is 5.86. The normalized spacial score (nSPS) is 17.1. The van der Waals surface area contributed by atoms with Gasteiger partial charge in [0.2, 0.25) is 0 Å². The molecule has 1 aromatic heterocycles. The van der Waals surface area contributed by atoms with Crippen molar-refractivity contribution in [2.75, 3.05) is 18.6 Å². The Morgan fingerprint density at radius 1 is 1.06 bits per heavy atom. The number of carbonyl (C=O) groups excluding carboxylic acids is 2. The number of carbonyl (C=O) groups is 2. The number of methoxy groups -OCH3 is 1. The first-order valence-corrected chi connectivity index (χ1v) is 12.3. The second-order valence-electron chi connectivity index (χ2n) is 8.01. The number of rotatable bonds is 6. The summed E-state index contributed by atoms with van der Waals surface area (Å²) in [5, 5.41) is 12.0. The van der Waals surface area contributed by atoms with Crippen molar-refractivity contribution in [1.82, 2.24) is 4.98 Å². The summed E-state index contributed by atoms with van der Waals surface area (Å²) in [6.45, 7) is 2.39. The molecule has 1 unspecified atom stereocenters. The van der Waals surface area contributed by atoms with Gasteiger partial charge in [0.05, 0.1) is 35.5 Å². The summed E-state index contributed by atoms with van der Waals surface area (Å²) in [6, 6.07) is 18.0. The molecule has 3 aromatic carbocycles. The van der Waals surface area contributed by atoms with Crippen LogP contribution in [0.4, 0.5) is 5.13 Å². The van der Waals surface area contributed by atoms with Gasteiger partial charge in [0.25, 0.3) is 5.78 Å². The van der Waals surface area contributed by atoms with Gasteiger partial charge in [-0.25, -0.2) is 4.98 Å². The molecule has 1 atom stereocenters. The number of thiazole rings is 1. The van der Waals surface area contributed by atoms with Gasteiger partial charge in [-0.3, -0.25) is 14.5 Å². The number of aromatic nitrogens is 1. The van der Waals surface area contributed by atoms with E-state index in [1.54, 1.807) is 67.8 Å². The predicted octanol–water partition coefficient (Wildman–Crippen LogP) is 5.98. The van der Waals surface area contributed by atoms with E-state index in [2.05, 4.69) is 4.98 Å². The second-order valence-corrected chi connectivity index (χ2v) is 9.45. The molecule has 0 radical (unpaired) electrons. The number of hydrogen-bond donors (Lipinski definition) is 1. The lowest BCUT2D eigenvalue weighted by Gasteiger charge is -2.23. The smallest absolute Gasteiger partial charge is 0.301 e. The van der Waals surface area contributed by atoms with Crippen molar-refractivity contribution >= 4 is 55.7 Å². The molecule has 4 aromatic rings. The van der Waals surface area contributed by atoms with Crippen LogP contribution in [0.3, 0.4) is 0 Å². The van der Waals surface area contributed by atoms with Crippen LogP contribution in [0, 0.1) is 0 Å². The van der Waals surface area contributed by atoms with Crippen LogP contribution < -0.4 is 14.4 Å². The van der Waals surface area contributed by atoms with Gasteiger partial charge in [-0.05, 0) is 67.1 Å².